The van der Waals surface area contributed by atoms with Gasteiger partial charge in [0.25, 0.3) is 5.97 Å². The molecule has 0 unspecified atom stereocenters. The van der Waals surface area contributed by atoms with Crippen molar-refractivity contribution in [3.63, 3.8) is 0 Å². The predicted octanol–water partition coefficient (Wildman–Crippen LogP) is 10.2. The smallest absolute Gasteiger partial charge is 0.334 e. The van der Waals surface area contributed by atoms with E-state index in [0.29, 0.717) is 11.1 Å². The molecule has 0 saturated carbocycles. The Morgan fingerprint density at radius 3 is 0.786 bits per heavy atom. The van der Waals surface area contributed by atoms with Crippen LogP contribution in [0.2, 0.25) is 0 Å². The minimum absolute atomic E-state index is 0.248. The summed E-state index contributed by atoms with van der Waals surface area (Å²) < 4.78 is 18.5. The van der Waals surface area contributed by atoms with Crippen molar-refractivity contribution in [2.24, 2.45) is 22.7 Å². The minimum Gasteiger partial charge on any atom is -0.395 e. The van der Waals surface area contributed by atoms with Crippen molar-refractivity contribution in [1.29, 1.82) is 0 Å². The van der Waals surface area contributed by atoms with Crippen molar-refractivity contribution in [2.45, 2.75) is 235 Å². The van der Waals surface area contributed by atoms with Gasteiger partial charge in [-0.2, -0.15) is 0 Å². The van der Waals surface area contributed by atoms with Gasteiger partial charge in [0.15, 0.2) is 0 Å². The molecule has 0 aliphatic carbocycles. The predicted molar refractivity (Wildman–Crippen MR) is 337 cm³/mol. The Bertz CT molecular complexity index is 1860. The molecule has 0 radical (unpaired) electrons. The van der Waals surface area contributed by atoms with E-state index in [0.717, 1.165) is 83.7 Å². The first-order valence-electron chi connectivity index (χ1n) is 29.2. The lowest BCUT2D eigenvalue weighted by atomic mass is 9.56. The topological polar surface area (TPSA) is 361 Å². The number of benzene rings is 2. The van der Waals surface area contributed by atoms with Gasteiger partial charge in [0.2, 0.25) is 0 Å². The largest absolute Gasteiger partial charge is 0.395 e. The third kappa shape index (κ3) is 28.7. The fourth-order valence-electron chi connectivity index (χ4n) is 9.59. The molecule has 496 valence electrons. The molecule has 16 N–H and O–H groups in total. The molecule has 0 spiro atoms. The van der Waals surface area contributed by atoms with Crippen LogP contribution in [0.4, 0.5) is 0 Å². The Morgan fingerprint density at radius 1 is 0.369 bits per heavy atom. The second-order valence-corrected chi connectivity index (χ2v) is 30.4. The molecule has 0 aliphatic rings. The first-order chi connectivity index (χ1) is 38.4. The Labute approximate surface area is 509 Å². The molecule has 0 aliphatic heterocycles. The van der Waals surface area contributed by atoms with Crippen LogP contribution in [-0.4, -0.2) is 139 Å². The van der Waals surface area contributed by atoms with Gasteiger partial charge < -0.3 is 89.5 Å². The highest BCUT2D eigenvalue weighted by molar-refractivity contribution is 7.53. The van der Waals surface area contributed by atoms with Gasteiger partial charge in [-0.15, -0.1) is 0 Å². The maximum absolute atomic E-state index is 13.7. The molecule has 0 bridgehead atoms. The normalized spacial score (nSPS) is 13.2. The van der Waals surface area contributed by atoms with Gasteiger partial charge in [-0.25, -0.2) is 8.62 Å². The van der Waals surface area contributed by atoms with E-state index < -0.39 is 96.5 Å². The summed E-state index contributed by atoms with van der Waals surface area (Å²) in [6.45, 7) is 35.4. The lowest BCUT2D eigenvalue weighted by Gasteiger charge is -2.52. The van der Waals surface area contributed by atoms with Crippen molar-refractivity contribution < 1.29 is 98.1 Å². The average molecular weight is 1280 g/mol. The Morgan fingerprint density at radius 2 is 0.595 bits per heavy atom. The zero-order chi connectivity index (χ0) is 65.9. The molecular formula is C60H116O20P4. The highest BCUT2D eigenvalue weighted by atomic mass is 31.2. The number of aryl methyl sites for hydroxylation is 2. The molecule has 20 nitrogen and oxygen atoms in total. The van der Waals surface area contributed by atoms with Crippen LogP contribution in [0.3, 0.4) is 0 Å². The second-order valence-electron chi connectivity index (χ2n) is 27.0. The van der Waals surface area contributed by atoms with Crippen LogP contribution in [-0.2, 0) is 45.4 Å². The maximum Gasteiger partial charge on any atom is 0.334 e. The summed E-state index contributed by atoms with van der Waals surface area (Å²) >= 11 is 0. The summed E-state index contributed by atoms with van der Waals surface area (Å²) in [5.41, 5.74) is 0.480. The highest BCUT2D eigenvalue weighted by Gasteiger charge is 2.58. The van der Waals surface area contributed by atoms with Gasteiger partial charge in [0.1, 0.15) is 11.0 Å². The Kier molecular flexibility index (Phi) is 40.3. The van der Waals surface area contributed by atoms with Crippen molar-refractivity contribution in [3.8, 4) is 0 Å². The molecule has 0 heterocycles. The molecule has 0 fully saturated rings. The van der Waals surface area contributed by atoms with Crippen LogP contribution in [0.15, 0.2) is 24.3 Å². The summed E-state index contributed by atoms with van der Waals surface area (Å²) in [4.78, 5) is 62.5. The fraction of sp³-hybridized carbons (Fsp3) is 0.800. The van der Waals surface area contributed by atoms with E-state index in [1.54, 1.807) is 0 Å². The molecule has 84 heavy (non-hydrogen) atoms. The van der Waals surface area contributed by atoms with E-state index in [-0.39, 0.29) is 34.9 Å². The zero-order valence-corrected chi connectivity index (χ0v) is 57.8. The van der Waals surface area contributed by atoms with E-state index in [1.165, 1.54) is 38.5 Å². The summed E-state index contributed by atoms with van der Waals surface area (Å²) in [6.07, 6.45) is 13.0. The van der Waals surface area contributed by atoms with Crippen molar-refractivity contribution in [1.82, 2.24) is 0 Å². The number of aliphatic hydroxyl groups is 8. The zero-order valence-electron chi connectivity index (χ0n) is 54.2. The van der Waals surface area contributed by atoms with Crippen molar-refractivity contribution >= 4 is 34.4 Å². The number of unbranched alkanes of at least 4 members (excludes halogenated alkanes) is 8. The summed E-state index contributed by atoms with van der Waals surface area (Å²) in [5, 5.41) is 87.1. The van der Waals surface area contributed by atoms with Gasteiger partial charge in [-0.05, 0) is 93.6 Å². The Balaban J connectivity index is 0. The molecule has 2 aromatic rings. The maximum atomic E-state index is 13.7. The van der Waals surface area contributed by atoms with Crippen LogP contribution in [0, 0.1) is 36.5 Å². The Hall–Kier alpha value is -0.640. The van der Waals surface area contributed by atoms with Crippen LogP contribution in [0.25, 0.3) is 0 Å². The van der Waals surface area contributed by atoms with Crippen LogP contribution in [0.5, 0.6) is 0 Å². The van der Waals surface area contributed by atoms with E-state index in [2.05, 4.69) is 158 Å². The van der Waals surface area contributed by atoms with Crippen LogP contribution in [0.1, 0.15) is 232 Å². The molecule has 24 heteroatoms. The molecule has 0 aromatic heterocycles. The lowest BCUT2D eigenvalue weighted by Crippen LogP contribution is -2.59. The van der Waals surface area contributed by atoms with Crippen molar-refractivity contribution in [2.75, 3.05) is 52.9 Å². The minimum atomic E-state index is -2.61. The fourth-order valence-corrected chi connectivity index (χ4v) is 10.6. The van der Waals surface area contributed by atoms with Gasteiger partial charge in [0, 0.05) is 0 Å². The van der Waals surface area contributed by atoms with Crippen molar-refractivity contribution in [3.05, 3.63) is 68.8 Å². The summed E-state index contributed by atoms with van der Waals surface area (Å²) in [5.74, 6) is -0.737. The third-order valence-electron chi connectivity index (χ3n) is 14.5. The molecular weight excluding hydrogens is 1160 g/mol. The lowest BCUT2D eigenvalue weighted by molar-refractivity contribution is -0.426. The number of hydrogen-bond donors (Lipinski definition) is 16. The molecule has 0 atom stereocenters. The number of rotatable bonds is 32. The molecule has 0 amide bonds. The molecule has 0 saturated heterocycles. The summed E-state index contributed by atoms with van der Waals surface area (Å²) in [7, 11) is -10.4. The molecule has 2 aromatic carbocycles. The van der Waals surface area contributed by atoms with E-state index in [1.807, 2.05) is 0 Å². The number of ether oxygens (including phenoxy) is 2. The van der Waals surface area contributed by atoms with Gasteiger partial charge in [-0.1, -0.05) is 210 Å². The van der Waals surface area contributed by atoms with Crippen LogP contribution < -0.4 is 0 Å². The number of hydrogen-bond acceptors (Lipinski definition) is 20. The van der Waals surface area contributed by atoms with Gasteiger partial charge in [0.05, 0.1) is 58.3 Å². The summed E-state index contributed by atoms with van der Waals surface area (Å²) in [6, 6.07) is 8.48. The standard InChI is InChI=1S/C35H56O4.C25H52O6.2H4O5P2/c1-22-15-24(30(3,4)5)28(25(16-22)31(6,7)8)35(39,34(19-36,20-37)21-38)29-26(32(9,10)11)17-23(2)18-27(29)33(12,13)14;1-22(2)15-11-7-5-9-13-17-30-25(29,24(19-26,20-27)21-28)31-18-14-10-6-8-12-16-23(3)4;2*1-6(2)5-7(3)4/h15-18,36-39H,19-21H2,1-14H3;22-23,26-29H,5-21H2,1-4H3;2*1-4H. The average Bonchev–Trinajstić information content (AvgIpc) is 3.35. The van der Waals surface area contributed by atoms with Gasteiger partial charge in [-0.3, -0.25) is 0 Å². The van der Waals surface area contributed by atoms with E-state index >= 15 is 0 Å². The van der Waals surface area contributed by atoms with Gasteiger partial charge >= 0.3 is 34.4 Å². The molecule has 2 rings (SSSR count). The van der Waals surface area contributed by atoms with E-state index in [9.17, 15) is 40.9 Å². The highest BCUT2D eigenvalue weighted by Crippen LogP contribution is 2.56. The van der Waals surface area contributed by atoms with Crippen LogP contribution >= 0.6 is 34.4 Å². The monoisotopic (exact) mass is 1280 g/mol. The number of aliphatic hydroxyl groups excluding tert-OH is 6. The van der Waals surface area contributed by atoms with E-state index in [4.69, 9.17) is 48.6 Å². The first-order valence-corrected chi connectivity index (χ1v) is 33.9. The third-order valence-corrected chi connectivity index (χ3v) is 16.9. The second kappa shape index (κ2) is 39.6. The first kappa shape index (κ1) is 85.4. The quantitative estimate of drug-likeness (QED) is 0.0184. The SMILES string of the molecule is CC(C)CCCCCCCOC(O)(OCCCCCCCC(C)C)C(CO)(CO)CO.Cc1cc(C(C)(C)C)c(C(O)(c2c(C(C)(C)C)cc(C)cc2C(C)(C)C)C(CO)(CO)CO)c(C(C)(C)C)c1.OP(O)OP(O)O.OP(O)OP(O)O.